The second-order valence-corrected chi connectivity index (χ2v) is 5.77. The Kier molecular flexibility index (Phi) is 4.04. The predicted octanol–water partition coefficient (Wildman–Crippen LogP) is 3.01. The highest BCUT2D eigenvalue weighted by atomic mass is 32.2. The number of nitrogen functional groups attached to an aromatic ring is 1. The third kappa shape index (κ3) is 2.87. The average Bonchev–Trinajstić information content (AvgIpc) is 2.66. The number of nitrogens with zero attached hydrogens (tertiary/aromatic N) is 1. The van der Waals surface area contributed by atoms with Crippen LogP contribution in [-0.2, 0) is 4.74 Å². The van der Waals surface area contributed by atoms with Gasteiger partial charge in [-0.3, -0.25) is 0 Å². The number of benzene rings is 1. The molecule has 0 atom stereocenters. The fraction of sp³-hybridized carbons (Fsp3) is 0.364. The molecule has 3 nitrogen and oxygen atoms in total. The maximum atomic E-state index is 5.73. The lowest BCUT2D eigenvalue weighted by molar-refractivity contribution is 0.200. The summed E-state index contributed by atoms with van der Waals surface area (Å²) in [6, 6.07) is 5.84. The van der Waals surface area contributed by atoms with Crippen molar-refractivity contribution in [3.8, 4) is 0 Å². The third-order valence-electron chi connectivity index (χ3n) is 2.11. The van der Waals surface area contributed by atoms with Gasteiger partial charge in [-0.25, -0.2) is 4.98 Å². The molecule has 0 aliphatic rings. The molecule has 2 rings (SSSR count). The SMILES string of the molecule is COCCCSc1nc2ccc(N)cc2s1. The maximum absolute atomic E-state index is 5.73. The molecular formula is C11H14N2OS2. The summed E-state index contributed by atoms with van der Waals surface area (Å²) in [5, 5.41) is 0. The predicted molar refractivity (Wildman–Crippen MR) is 71.2 cm³/mol. The van der Waals surface area contributed by atoms with Gasteiger partial charge in [-0.2, -0.15) is 0 Å². The van der Waals surface area contributed by atoms with Crippen LogP contribution in [0.1, 0.15) is 6.42 Å². The molecule has 1 aromatic heterocycles. The van der Waals surface area contributed by atoms with Crippen molar-refractivity contribution in [1.29, 1.82) is 0 Å². The summed E-state index contributed by atoms with van der Waals surface area (Å²) < 4.78 is 7.28. The number of ether oxygens (including phenoxy) is 1. The summed E-state index contributed by atoms with van der Waals surface area (Å²) in [6.07, 6.45) is 1.05. The molecule has 0 saturated carbocycles. The third-order valence-corrected chi connectivity index (χ3v) is 4.36. The molecule has 2 aromatic rings. The summed E-state index contributed by atoms with van der Waals surface area (Å²) in [5.74, 6) is 1.04. The van der Waals surface area contributed by atoms with E-state index in [9.17, 15) is 0 Å². The minimum atomic E-state index is 0.798. The fourth-order valence-electron chi connectivity index (χ4n) is 1.34. The van der Waals surface area contributed by atoms with Gasteiger partial charge in [0.2, 0.25) is 0 Å². The number of thiazole rings is 1. The van der Waals surface area contributed by atoms with E-state index in [4.69, 9.17) is 10.5 Å². The summed E-state index contributed by atoms with van der Waals surface area (Å²) in [6.45, 7) is 0.810. The highest BCUT2D eigenvalue weighted by Crippen LogP contribution is 2.30. The van der Waals surface area contributed by atoms with Gasteiger partial charge in [0.05, 0.1) is 10.2 Å². The highest BCUT2D eigenvalue weighted by Gasteiger charge is 2.04. The van der Waals surface area contributed by atoms with Gasteiger partial charge in [-0.15, -0.1) is 11.3 Å². The topological polar surface area (TPSA) is 48.1 Å². The van der Waals surface area contributed by atoms with Crippen molar-refractivity contribution in [1.82, 2.24) is 4.98 Å². The number of hydrogen-bond donors (Lipinski definition) is 1. The molecule has 0 fully saturated rings. The largest absolute Gasteiger partial charge is 0.399 e. The van der Waals surface area contributed by atoms with E-state index in [1.54, 1.807) is 30.2 Å². The Hall–Kier alpha value is -0.780. The van der Waals surface area contributed by atoms with Crippen LogP contribution in [0.25, 0.3) is 10.2 Å². The van der Waals surface area contributed by atoms with Gasteiger partial charge in [-0.1, -0.05) is 11.8 Å². The van der Waals surface area contributed by atoms with Gasteiger partial charge in [0.25, 0.3) is 0 Å². The first-order valence-corrected chi connectivity index (χ1v) is 6.87. The number of anilines is 1. The number of aromatic nitrogens is 1. The van der Waals surface area contributed by atoms with Gasteiger partial charge in [0.15, 0.2) is 4.34 Å². The van der Waals surface area contributed by atoms with Crippen molar-refractivity contribution in [2.24, 2.45) is 0 Å². The Morgan fingerprint density at radius 1 is 1.50 bits per heavy atom. The lowest BCUT2D eigenvalue weighted by Gasteiger charge is -1.96. The quantitative estimate of drug-likeness (QED) is 0.506. The number of nitrogens with two attached hydrogens (primary N) is 1. The first kappa shape index (κ1) is 11.7. The number of fused-ring (bicyclic) bond motifs is 1. The zero-order valence-corrected chi connectivity index (χ0v) is 10.7. The van der Waals surface area contributed by atoms with E-state index < -0.39 is 0 Å². The van der Waals surface area contributed by atoms with Gasteiger partial charge in [-0.05, 0) is 24.6 Å². The van der Waals surface area contributed by atoms with E-state index in [0.717, 1.165) is 39.0 Å². The molecule has 0 bridgehead atoms. The van der Waals surface area contributed by atoms with E-state index >= 15 is 0 Å². The minimum Gasteiger partial charge on any atom is -0.399 e. The van der Waals surface area contributed by atoms with Crippen LogP contribution in [0.4, 0.5) is 5.69 Å². The van der Waals surface area contributed by atoms with E-state index in [2.05, 4.69) is 4.98 Å². The van der Waals surface area contributed by atoms with E-state index in [1.165, 1.54) is 0 Å². The molecule has 0 unspecified atom stereocenters. The van der Waals surface area contributed by atoms with Crippen LogP contribution >= 0.6 is 23.1 Å². The van der Waals surface area contributed by atoms with Gasteiger partial charge in [0, 0.05) is 25.2 Å². The van der Waals surface area contributed by atoms with Crippen LogP contribution in [0.3, 0.4) is 0 Å². The zero-order valence-electron chi connectivity index (χ0n) is 9.10. The van der Waals surface area contributed by atoms with E-state index in [0.29, 0.717) is 0 Å². The molecule has 0 aliphatic heterocycles. The molecule has 0 spiro atoms. The molecule has 2 N–H and O–H groups in total. The Morgan fingerprint density at radius 3 is 3.19 bits per heavy atom. The first-order valence-electron chi connectivity index (χ1n) is 5.07. The molecule has 1 heterocycles. The molecule has 0 amide bonds. The molecule has 1 aromatic carbocycles. The molecule has 16 heavy (non-hydrogen) atoms. The Bertz CT molecular complexity index is 470. The number of hydrogen-bond acceptors (Lipinski definition) is 5. The monoisotopic (exact) mass is 254 g/mol. The lowest BCUT2D eigenvalue weighted by Crippen LogP contribution is -1.89. The number of rotatable bonds is 5. The van der Waals surface area contributed by atoms with Gasteiger partial charge < -0.3 is 10.5 Å². The highest BCUT2D eigenvalue weighted by molar-refractivity contribution is 8.01. The molecule has 5 heteroatoms. The normalized spacial score (nSPS) is 11.1. The summed E-state index contributed by atoms with van der Waals surface area (Å²) in [7, 11) is 1.73. The van der Waals surface area contributed by atoms with Gasteiger partial charge >= 0.3 is 0 Å². The summed E-state index contributed by atoms with van der Waals surface area (Å²) in [4.78, 5) is 4.54. The second-order valence-electron chi connectivity index (χ2n) is 3.40. The molecular weight excluding hydrogens is 240 g/mol. The van der Waals surface area contributed by atoms with Crippen molar-refractivity contribution in [3.63, 3.8) is 0 Å². The maximum Gasteiger partial charge on any atom is 0.151 e. The minimum absolute atomic E-state index is 0.798. The molecule has 0 aliphatic carbocycles. The Balaban J connectivity index is 2.02. The molecule has 0 saturated heterocycles. The Labute approximate surface area is 103 Å². The van der Waals surface area contributed by atoms with Crippen LogP contribution < -0.4 is 5.73 Å². The van der Waals surface area contributed by atoms with Crippen molar-refractivity contribution in [2.75, 3.05) is 25.2 Å². The van der Waals surface area contributed by atoms with Crippen molar-refractivity contribution >= 4 is 39.0 Å². The van der Waals surface area contributed by atoms with E-state index in [1.807, 2.05) is 18.2 Å². The summed E-state index contributed by atoms with van der Waals surface area (Å²) >= 11 is 3.48. The van der Waals surface area contributed by atoms with Crippen LogP contribution in [0, 0.1) is 0 Å². The lowest BCUT2D eigenvalue weighted by atomic mass is 10.3. The van der Waals surface area contributed by atoms with Crippen molar-refractivity contribution < 1.29 is 4.74 Å². The Morgan fingerprint density at radius 2 is 2.38 bits per heavy atom. The molecule has 0 radical (unpaired) electrons. The standard InChI is InChI=1S/C11H14N2OS2/c1-14-5-2-6-15-11-13-9-4-3-8(12)7-10(9)16-11/h3-4,7H,2,5-6,12H2,1H3. The smallest absolute Gasteiger partial charge is 0.151 e. The van der Waals surface area contributed by atoms with E-state index in [-0.39, 0.29) is 0 Å². The number of methoxy groups -OCH3 is 1. The van der Waals surface area contributed by atoms with Crippen molar-refractivity contribution in [2.45, 2.75) is 10.8 Å². The van der Waals surface area contributed by atoms with Crippen LogP contribution in [0.5, 0.6) is 0 Å². The van der Waals surface area contributed by atoms with Gasteiger partial charge in [0.1, 0.15) is 0 Å². The molecule has 86 valence electrons. The second kappa shape index (κ2) is 5.52. The summed E-state index contributed by atoms with van der Waals surface area (Å²) in [5.41, 5.74) is 7.56. The first-order chi connectivity index (χ1) is 7.79. The fourth-order valence-corrected chi connectivity index (χ4v) is 3.44. The van der Waals surface area contributed by atoms with Crippen molar-refractivity contribution in [3.05, 3.63) is 18.2 Å². The van der Waals surface area contributed by atoms with Crippen LogP contribution in [0.15, 0.2) is 22.5 Å². The average molecular weight is 254 g/mol. The van der Waals surface area contributed by atoms with Crippen LogP contribution in [0.2, 0.25) is 0 Å². The van der Waals surface area contributed by atoms with Crippen LogP contribution in [-0.4, -0.2) is 24.5 Å². The number of thioether (sulfide) groups is 1. The zero-order chi connectivity index (χ0) is 11.4.